The van der Waals surface area contributed by atoms with Gasteiger partial charge < -0.3 is 5.32 Å². The van der Waals surface area contributed by atoms with E-state index in [2.05, 4.69) is 43.2 Å². The van der Waals surface area contributed by atoms with Gasteiger partial charge in [0.05, 0.1) is 17.4 Å². The quantitative estimate of drug-likeness (QED) is 0.402. The predicted molar refractivity (Wildman–Crippen MR) is 130 cm³/mol. The van der Waals surface area contributed by atoms with Crippen molar-refractivity contribution in [3.8, 4) is 0 Å². The number of aromatic amines is 1. The van der Waals surface area contributed by atoms with E-state index in [1.807, 2.05) is 25.1 Å². The van der Waals surface area contributed by atoms with Gasteiger partial charge in [-0.15, -0.1) is 0 Å². The first-order valence-corrected chi connectivity index (χ1v) is 11.0. The van der Waals surface area contributed by atoms with E-state index >= 15 is 0 Å². The molecule has 1 aliphatic rings. The van der Waals surface area contributed by atoms with Crippen LogP contribution in [0.4, 0.5) is 10.1 Å². The highest BCUT2D eigenvalue weighted by Gasteiger charge is 2.17. The van der Waals surface area contributed by atoms with E-state index in [0.717, 1.165) is 41.9 Å². The van der Waals surface area contributed by atoms with Crippen molar-refractivity contribution in [2.45, 2.75) is 26.2 Å². The number of anilines is 1. The number of H-pyrrole nitrogens is 1. The third-order valence-corrected chi connectivity index (χ3v) is 5.76. The number of allylic oxidation sites excluding steroid dienone is 1. The Morgan fingerprint density at radius 1 is 1.30 bits per heavy atom. The summed E-state index contributed by atoms with van der Waals surface area (Å²) in [5, 5.41) is 10.2. The Labute approximate surface area is 192 Å². The van der Waals surface area contributed by atoms with E-state index in [-0.39, 0.29) is 11.4 Å². The van der Waals surface area contributed by atoms with Crippen molar-refractivity contribution < 1.29 is 9.18 Å². The van der Waals surface area contributed by atoms with E-state index < -0.39 is 11.7 Å². The summed E-state index contributed by atoms with van der Waals surface area (Å²) in [6.45, 7) is 8.66. The van der Waals surface area contributed by atoms with E-state index in [1.54, 1.807) is 6.20 Å². The molecule has 0 saturated carbocycles. The second kappa shape index (κ2) is 10.3. The van der Waals surface area contributed by atoms with Crippen LogP contribution in [0.25, 0.3) is 16.5 Å². The smallest absolute Gasteiger partial charge is 0.276 e. The number of amides is 1. The second-order valence-electron chi connectivity index (χ2n) is 8.19. The third-order valence-electron chi connectivity index (χ3n) is 5.76. The SMILES string of the molecule is C=N/C=C(\C=C(/C)c1ccc2[nH]nc(C(=O)Nc3cnccc3F)c2c1)CN1CCCCC1. The fourth-order valence-corrected chi connectivity index (χ4v) is 4.06. The Balaban J connectivity index is 1.58. The Morgan fingerprint density at radius 2 is 2.12 bits per heavy atom. The number of carbonyl (C=O) groups excluding carboxylic acids is 1. The van der Waals surface area contributed by atoms with Crippen molar-refractivity contribution in [1.82, 2.24) is 20.1 Å². The summed E-state index contributed by atoms with van der Waals surface area (Å²) in [5.74, 6) is -1.06. The highest BCUT2D eigenvalue weighted by molar-refractivity contribution is 6.11. The van der Waals surface area contributed by atoms with Crippen molar-refractivity contribution in [3.05, 3.63) is 71.6 Å². The lowest BCUT2D eigenvalue weighted by Crippen LogP contribution is -2.31. The molecule has 0 atom stereocenters. The highest BCUT2D eigenvalue weighted by Crippen LogP contribution is 2.25. The van der Waals surface area contributed by atoms with Crippen LogP contribution in [-0.4, -0.2) is 52.3 Å². The Bertz CT molecular complexity index is 1220. The lowest BCUT2D eigenvalue weighted by atomic mass is 10.0. The van der Waals surface area contributed by atoms with Gasteiger partial charge in [-0.2, -0.15) is 5.10 Å². The minimum atomic E-state index is -0.554. The topological polar surface area (TPSA) is 86.3 Å². The molecule has 1 amide bonds. The molecular weight excluding hydrogens is 419 g/mol. The number of likely N-dealkylation sites (tertiary alicyclic amines) is 1. The summed E-state index contributed by atoms with van der Waals surface area (Å²) in [6, 6.07) is 6.97. The number of carbonyl (C=O) groups is 1. The maximum absolute atomic E-state index is 13.9. The fourth-order valence-electron chi connectivity index (χ4n) is 4.06. The standard InChI is InChI=1S/C25H27FN6O/c1-17(12-18(14-27-2)16-32-10-4-3-5-11-32)19-6-7-22-20(13-19)24(31-30-22)25(33)29-23-15-28-9-8-21(23)26/h6-9,12-15H,2-5,10-11,16H2,1H3,(H,29,33)(H,30,31)/b17-12+,18-14+. The van der Waals surface area contributed by atoms with Crippen molar-refractivity contribution in [1.29, 1.82) is 0 Å². The summed E-state index contributed by atoms with van der Waals surface area (Å²) >= 11 is 0. The number of benzene rings is 1. The number of nitrogens with one attached hydrogen (secondary N) is 2. The molecule has 8 heteroatoms. The summed E-state index contributed by atoms with van der Waals surface area (Å²) in [6.07, 6.45) is 10.2. The van der Waals surface area contributed by atoms with Crippen LogP contribution >= 0.6 is 0 Å². The van der Waals surface area contributed by atoms with Crippen molar-refractivity contribution >= 4 is 34.8 Å². The lowest BCUT2D eigenvalue weighted by molar-refractivity contribution is 0.102. The maximum Gasteiger partial charge on any atom is 0.276 e. The molecule has 0 spiro atoms. The largest absolute Gasteiger partial charge is 0.317 e. The van der Waals surface area contributed by atoms with Gasteiger partial charge in [0.15, 0.2) is 5.69 Å². The predicted octanol–water partition coefficient (Wildman–Crippen LogP) is 4.82. The first-order valence-electron chi connectivity index (χ1n) is 11.0. The van der Waals surface area contributed by atoms with Crippen LogP contribution in [0, 0.1) is 5.82 Å². The Hall–Kier alpha value is -3.65. The zero-order valence-electron chi connectivity index (χ0n) is 18.6. The van der Waals surface area contributed by atoms with Crippen LogP contribution in [0.5, 0.6) is 0 Å². The van der Waals surface area contributed by atoms with Gasteiger partial charge in [-0.25, -0.2) is 4.39 Å². The summed E-state index contributed by atoms with van der Waals surface area (Å²) in [5.41, 5.74) is 4.01. The average molecular weight is 447 g/mol. The number of rotatable bonds is 7. The molecule has 4 rings (SSSR count). The molecule has 2 N–H and O–H groups in total. The minimum Gasteiger partial charge on any atom is -0.317 e. The Morgan fingerprint density at radius 3 is 2.88 bits per heavy atom. The molecule has 2 aromatic heterocycles. The molecule has 1 saturated heterocycles. The molecule has 33 heavy (non-hydrogen) atoms. The molecule has 1 aromatic carbocycles. The first kappa shape index (κ1) is 22.5. The van der Waals surface area contributed by atoms with Gasteiger partial charge in [0.2, 0.25) is 0 Å². The second-order valence-corrected chi connectivity index (χ2v) is 8.19. The number of aliphatic imine (C=N–C) groups is 1. The van der Waals surface area contributed by atoms with Gasteiger partial charge in [0.25, 0.3) is 5.91 Å². The number of piperidine rings is 1. The molecule has 0 radical (unpaired) electrons. The summed E-state index contributed by atoms with van der Waals surface area (Å²) in [7, 11) is 0. The van der Waals surface area contributed by atoms with Crippen molar-refractivity contribution in [2.75, 3.05) is 25.0 Å². The highest BCUT2D eigenvalue weighted by atomic mass is 19.1. The first-order chi connectivity index (χ1) is 16.0. The van der Waals surface area contributed by atoms with E-state index in [1.165, 1.54) is 37.7 Å². The van der Waals surface area contributed by atoms with Crippen molar-refractivity contribution in [3.63, 3.8) is 0 Å². The van der Waals surface area contributed by atoms with Crippen LogP contribution in [0.1, 0.15) is 42.2 Å². The number of halogens is 1. The van der Waals surface area contributed by atoms with Gasteiger partial charge in [0.1, 0.15) is 5.82 Å². The van der Waals surface area contributed by atoms with E-state index in [9.17, 15) is 9.18 Å². The fraction of sp³-hybridized carbons (Fsp3) is 0.280. The maximum atomic E-state index is 13.9. The average Bonchev–Trinajstić information content (AvgIpc) is 3.25. The normalized spacial score (nSPS) is 15.6. The number of aromatic nitrogens is 3. The minimum absolute atomic E-state index is 0.00953. The molecule has 1 fully saturated rings. The summed E-state index contributed by atoms with van der Waals surface area (Å²) < 4.78 is 13.9. The number of hydrogen-bond acceptors (Lipinski definition) is 5. The van der Waals surface area contributed by atoms with Gasteiger partial charge in [0, 0.05) is 24.3 Å². The molecule has 0 aliphatic carbocycles. The monoisotopic (exact) mass is 446 g/mol. The third kappa shape index (κ3) is 5.40. The number of pyridine rings is 1. The number of nitrogens with zero attached hydrogens (tertiary/aromatic N) is 4. The van der Waals surface area contributed by atoms with Gasteiger partial charge in [-0.05, 0) is 74.5 Å². The van der Waals surface area contributed by atoms with E-state index in [4.69, 9.17) is 0 Å². The molecule has 3 heterocycles. The molecule has 3 aromatic rings. The zero-order valence-corrected chi connectivity index (χ0v) is 18.6. The lowest BCUT2D eigenvalue weighted by Gasteiger charge is -2.26. The molecule has 0 unspecified atom stereocenters. The number of hydrogen-bond donors (Lipinski definition) is 2. The van der Waals surface area contributed by atoms with Crippen LogP contribution in [-0.2, 0) is 0 Å². The van der Waals surface area contributed by atoms with Crippen LogP contribution in [0.3, 0.4) is 0 Å². The molecule has 7 nitrogen and oxygen atoms in total. The van der Waals surface area contributed by atoms with Crippen LogP contribution in [0.2, 0.25) is 0 Å². The van der Waals surface area contributed by atoms with E-state index in [0.29, 0.717) is 5.39 Å². The molecule has 170 valence electrons. The van der Waals surface area contributed by atoms with Crippen molar-refractivity contribution in [2.24, 2.45) is 4.99 Å². The van der Waals surface area contributed by atoms with Crippen LogP contribution in [0.15, 0.2) is 59.5 Å². The zero-order chi connectivity index (χ0) is 23.2. The van der Waals surface area contributed by atoms with Crippen LogP contribution < -0.4 is 5.32 Å². The number of fused-ring (bicyclic) bond motifs is 1. The molecular formula is C25H27FN6O. The summed E-state index contributed by atoms with van der Waals surface area (Å²) in [4.78, 5) is 23.0. The molecule has 1 aliphatic heterocycles. The molecule has 0 bridgehead atoms. The van der Waals surface area contributed by atoms with Gasteiger partial charge in [-0.1, -0.05) is 18.6 Å². The Kier molecular flexibility index (Phi) is 7.04. The van der Waals surface area contributed by atoms with Gasteiger partial charge >= 0.3 is 0 Å². The van der Waals surface area contributed by atoms with Gasteiger partial charge in [-0.3, -0.25) is 24.8 Å².